The van der Waals surface area contributed by atoms with Crippen LogP contribution >= 0.6 is 0 Å². The Bertz CT molecular complexity index is 1060. The van der Waals surface area contributed by atoms with E-state index in [0.29, 0.717) is 0 Å². The average Bonchev–Trinajstić information content (AvgIpc) is 3.24. The zero-order valence-corrected chi connectivity index (χ0v) is 15.2. The van der Waals surface area contributed by atoms with Gasteiger partial charge in [-0.1, -0.05) is 30.3 Å². The summed E-state index contributed by atoms with van der Waals surface area (Å²) in [5.74, 6) is 1.94. The van der Waals surface area contributed by atoms with Crippen LogP contribution in [0, 0.1) is 6.92 Å². The molecule has 0 saturated heterocycles. The van der Waals surface area contributed by atoms with E-state index in [2.05, 4.69) is 50.5 Å². The van der Waals surface area contributed by atoms with Crippen LogP contribution in [0.4, 0.5) is 5.69 Å². The van der Waals surface area contributed by atoms with E-state index in [1.54, 1.807) is 10.8 Å². The Morgan fingerprint density at radius 2 is 1.93 bits per heavy atom. The van der Waals surface area contributed by atoms with Gasteiger partial charge in [0.15, 0.2) is 5.82 Å². The summed E-state index contributed by atoms with van der Waals surface area (Å²) >= 11 is 0. The second kappa shape index (κ2) is 6.46. The minimum atomic E-state index is 0.772. The standard InChI is InChI=1S/C19H20N8/c1-14-11-16(19-22-20-13-27(19)23-14)25-8-7-18-21-17(24-26(18)10-9-25)12-15-5-3-2-4-6-15/h2-6,11,13H,7-10,12H2,1H3. The fraction of sp³-hybridized carbons (Fsp3) is 0.316. The fourth-order valence-electron chi connectivity index (χ4n) is 3.61. The summed E-state index contributed by atoms with van der Waals surface area (Å²) in [4.78, 5) is 7.11. The molecule has 136 valence electrons. The molecule has 0 amide bonds. The van der Waals surface area contributed by atoms with Crippen molar-refractivity contribution < 1.29 is 0 Å². The minimum absolute atomic E-state index is 0.772. The Kier molecular flexibility index (Phi) is 3.81. The Hall–Kier alpha value is -3.29. The molecule has 0 N–H and O–H groups in total. The number of aryl methyl sites for hydroxylation is 1. The largest absolute Gasteiger partial charge is 0.366 e. The van der Waals surface area contributed by atoms with E-state index in [9.17, 15) is 0 Å². The lowest BCUT2D eigenvalue weighted by Crippen LogP contribution is -2.27. The minimum Gasteiger partial charge on any atom is -0.366 e. The monoisotopic (exact) mass is 360 g/mol. The van der Waals surface area contributed by atoms with Crippen LogP contribution in [0.3, 0.4) is 0 Å². The number of hydrogen-bond donors (Lipinski definition) is 0. The molecule has 0 fully saturated rings. The van der Waals surface area contributed by atoms with E-state index in [0.717, 1.165) is 61.2 Å². The van der Waals surface area contributed by atoms with Crippen LogP contribution in [0.5, 0.6) is 0 Å². The first-order valence-corrected chi connectivity index (χ1v) is 9.15. The van der Waals surface area contributed by atoms with Gasteiger partial charge < -0.3 is 4.90 Å². The molecule has 27 heavy (non-hydrogen) atoms. The predicted octanol–water partition coefficient (Wildman–Crippen LogP) is 1.68. The van der Waals surface area contributed by atoms with E-state index < -0.39 is 0 Å². The SMILES string of the molecule is Cc1cc(N2CCc3nc(Cc4ccccc4)nn3CC2)c2nncn2n1. The number of fused-ring (bicyclic) bond motifs is 2. The quantitative estimate of drug-likeness (QED) is 0.553. The molecule has 0 aliphatic carbocycles. The molecule has 1 aliphatic rings. The summed E-state index contributed by atoms with van der Waals surface area (Å²) in [5, 5.41) is 17.4. The number of aromatic nitrogens is 7. The van der Waals surface area contributed by atoms with Crippen molar-refractivity contribution in [3.05, 3.63) is 65.6 Å². The highest BCUT2D eigenvalue weighted by atomic mass is 15.4. The summed E-state index contributed by atoms with van der Waals surface area (Å²) in [5.41, 5.74) is 4.04. The first-order chi connectivity index (χ1) is 13.3. The average molecular weight is 360 g/mol. The van der Waals surface area contributed by atoms with Crippen molar-refractivity contribution in [2.45, 2.75) is 26.3 Å². The van der Waals surface area contributed by atoms with Crippen molar-refractivity contribution in [3.63, 3.8) is 0 Å². The maximum absolute atomic E-state index is 4.78. The van der Waals surface area contributed by atoms with Crippen LogP contribution in [-0.4, -0.2) is 47.7 Å². The molecule has 0 saturated carbocycles. The van der Waals surface area contributed by atoms with Crippen molar-refractivity contribution in [3.8, 4) is 0 Å². The van der Waals surface area contributed by atoms with Gasteiger partial charge in [0.05, 0.1) is 17.9 Å². The number of benzene rings is 1. The first-order valence-electron chi connectivity index (χ1n) is 9.15. The molecule has 0 bridgehead atoms. The molecule has 4 aromatic rings. The third-order valence-electron chi connectivity index (χ3n) is 4.90. The summed E-state index contributed by atoms with van der Waals surface area (Å²) in [6, 6.07) is 12.4. The van der Waals surface area contributed by atoms with E-state index in [-0.39, 0.29) is 0 Å². The lowest BCUT2D eigenvalue weighted by Gasteiger charge is -2.22. The third-order valence-corrected chi connectivity index (χ3v) is 4.90. The van der Waals surface area contributed by atoms with Gasteiger partial charge in [0.2, 0.25) is 5.65 Å². The molecule has 8 heteroatoms. The van der Waals surface area contributed by atoms with Gasteiger partial charge in [-0.3, -0.25) is 0 Å². The van der Waals surface area contributed by atoms with E-state index in [1.165, 1.54) is 5.56 Å². The molecule has 1 aromatic carbocycles. The molecule has 4 heterocycles. The maximum Gasteiger partial charge on any atom is 0.200 e. The van der Waals surface area contributed by atoms with Crippen LogP contribution in [0.25, 0.3) is 5.65 Å². The van der Waals surface area contributed by atoms with Gasteiger partial charge >= 0.3 is 0 Å². The highest BCUT2D eigenvalue weighted by molar-refractivity contribution is 5.68. The van der Waals surface area contributed by atoms with Crippen LogP contribution in [0.1, 0.15) is 22.9 Å². The van der Waals surface area contributed by atoms with Gasteiger partial charge in [-0.15, -0.1) is 10.2 Å². The predicted molar refractivity (Wildman–Crippen MR) is 101 cm³/mol. The fourth-order valence-corrected chi connectivity index (χ4v) is 3.61. The summed E-state index contributed by atoms with van der Waals surface area (Å²) in [6.07, 6.45) is 3.27. The Morgan fingerprint density at radius 3 is 2.81 bits per heavy atom. The normalized spacial score (nSPS) is 14.3. The Morgan fingerprint density at radius 1 is 1.04 bits per heavy atom. The summed E-state index contributed by atoms with van der Waals surface area (Å²) < 4.78 is 3.79. The van der Waals surface area contributed by atoms with Crippen LogP contribution < -0.4 is 4.90 Å². The third kappa shape index (κ3) is 3.03. The zero-order chi connectivity index (χ0) is 18.2. The zero-order valence-electron chi connectivity index (χ0n) is 15.2. The topological polar surface area (TPSA) is 77.0 Å². The van der Waals surface area contributed by atoms with Gasteiger partial charge in [0.25, 0.3) is 0 Å². The van der Waals surface area contributed by atoms with E-state index >= 15 is 0 Å². The summed E-state index contributed by atoms with van der Waals surface area (Å²) in [7, 11) is 0. The molecule has 3 aromatic heterocycles. The molecule has 8 nitrogen and oxygen atoms in total. The number of rotatable bonds is 3. The molecule has 0 radical (unpaired) electrons. The van der Waals surface area contributed by atoms with Gasteiger partial charge in [-0.2, -0.15) is 14.7 Å². The second-order valence-electron chi connectivity index (χ2n) is 6.84. The smallest absolute Gasteiger partial charge is 0.200 e. The lowest BCUT2D eigenvalue weighted by molar-refractivity contribution is 0.604. The van der Waals surface area contributed by atoms with Crippen molar-refractivity contribution in [2.75, 3.05) is 18.0 Å². The van der Waals surface area contributed by atoms with Crippen LogP contribution in [0.2, 0.25) is 0 Å². The van der Waals surface area contributed by atoms with Gasteiger partial charge in [-0.25, -0.2) is 9.67 Å². The van der Waals surface area contributed by atoms with Crippen molar-refractivity contribution in [1.82, 2.24) is 34.6 Å². The molecule has 5 rings (SSSR count). The summed E-state index contributed by atoms with van der Waals surface area (Å²) in [6.45, 7) is 4.52. The van der Waals surface area contributed by atoms with Crippen LogP contribution in [-0.2, 0) is 19.4 Å². The number of hydrogen-bond acceptors (Lipinski definition) is 6. The first kappa shape index (κ1) is 15.9. The second-order valence-corrected chi connectivity index (χ2v) is 6.84. The van der Waals surface area contributed by atoms with Crippen LogP contribution in [0.15, 0.2) is 42.7 Å². The molecule has 0 unspecified atom stereocenters. The molecular formula is C19H20N8. The van der Waals surface area contributed by atoms with E-state index in [4.69, 9.17) is 10.1 Å². The van der Waals surface area contributed by atoms with Gasteiger partial charge in [0.1, 0.15) is 12.2 Å². The lowest BCUT2D eigenvalue weighted by atomic mass is 10.1. The van der Waals surface area contributed by atoms with Crippen molar-refractivity contribution >= 4 is 11.3 Å². The Labute approximate surface area is 156 Å². The number of nitrogens with zero attached hydrogens (tertiary/aromatic N) is 8. The van der Waals surface area contributed by atoms with Crippen molar-refractivity contribution in [2.24, 2.45) is 0 Å². The highest BCUT2D eigenvalue weighted by Gasteiger charge is 2.20. The Balaban J connectivity index is 1.37. The van der Waals surface area contributed by atoms with Crippen molar-refractivity contribution in [1.29, 1.82) is 0 Å². The molecule has 0 atom stereocenters. The van der Waals surface area contributed by atoms with E-state index in [1.807, 2.05) is 17.7 Å². The van der Waals surface area contributed by atoms with Gasteiger partial charge in [0, 0.05) is 25.9 Å². The van der Waals surface area contributed by atoms with Gasteiger partial charge in [-0.05, 0) is 18.6 Å². The number of anilines is 1. The molecule has 1 aliphatic heterocycles. The maximum atomic E-state index is 4.78. The molecule has 0 spiro atoms. The highest BCUT2D eigenvalue weighted by Crippen LogP contribution is 2.22. The molecular weight excluding hydrogens is 340 g/mol.